The molecular formula is C14H17N3S. The molecule has 4 heteroatoms. The van der Waals surface area contributed by atoms with Gasteiger partial charge in [-0.05, 0) is 36.7 Å². The van der Waals surface area contributed by atoms with E-state index in [0.717, 1.165) is 17.5 Å². The fourth-order valence-electron chi connectivity index (χ4n) is 2.52. The van der Waals surface area contributed by atoms with Gasteiger partial charge in [0, 0.05) is 6.04 Å². The molecule has 0 aliphatic carbocycles. The van der Waals surface area contributed by atoms with Crippen LogP contribution in [0.3, 0.4) is 0 Å². The SMILES string of the molecule is CCC(C(C)C)n1c(=S)[nH]c2c(C#N)cccc21. The van der Waals surface area contributed by atoms with Crippen molar-refractivity contribution in [2.24, 2.45) is 5.92 Å². The van der Waals surface area contributed by atoms with Gasteiger partial charge in [0.2, 0.25) is 0 Å². The zero-order valence-corrected chi connectivity index (χ0v) is 11.7. The van der Waals surface area contributed by atoms with Crippen LogP contribution in [0.4, 0.5) is 0 Å². The molecule has 3 nitrogen and oxygen atoms in total. The predicted molar refractivity (Wildman–Crippen MR) is 76.0 cm³/mol. The number of nitriles is 1. The van der Waals surface area contributed by atoms with Gasteiger partial charge in [0.25, 0.3) is 0 Å². The molecule has 1 heterocycles. The highest BCUT2D eigenvalue weighted by Crippen LogP contribution is 2.28. The Morgan fingerprint density at radius 1 is 1.44 bits per heavy atom. The fraction of sp³-hybridized carbons (Fsp3) is 0.429. The van der Waals surface area contributed by atoms with Crippen LogP contribution in [0, 0.1) is 22.0 Å². The lowest BCUT2D eigenvalue weighted by Crippen LogP contribution is -2.14. The highest BCUT2D eigenvalue weighted by molar-refractivity contribution is 7.71. The molecule has 1 atom stereocenters. The van der Waals surface area contributed by atoms with Crippen molar-refractivity contribution in [1.29, 1.82) is 5.26 Å². The van der Waals surface area contributed by atoms with E-state index in [-0.39, 0.29) is 0 Å². The first-order valence-corrected chi connectivity index (χ1v) is 6.64. The van der Waals surface area contributed by atoms with Crippen LogP contribution >= 0.6 is 12.2 Å². The number of rotatable bonds is 3. The van der Waals surface area contributed by atoms with E-state index >= 15 is 0 Å². The van der Waals surface area contributed by atoms with Gasteiger partial charge in [-0.2, -0.15) is 5.26 Å². The number of benzene rings is 1. The van der Waals surface area contributed by atoms with E-state index in [4.69, 9.17) is 17.5 Å². The summed E-state index contributed by atoms with van der Waals surface area (Å²) in [5.41, 5.74) is 2.53. The highest BCUT2D eigenvalue weighted by atomic mass is 32.1. The zero-order chi connectivity index (χ0) is 13.3. The summed E-state index contributed by atoms with van der Waals surface area (Å²) in [6.07, 6.45) is 1.02. The third-order valence-electron chi connectivity index (χ3n) is 3.39. The van der Waals surface area contributed by atoms with Gasteiger partial charge in [0.1, 0.15) is 6.07 Å². The number of aromatic nitrogens is 2. The molecule has 0 saturated carbocycles. The summed E-state index contributed by atoms with van der Waals surface area (Å²) in [5, 5.41) is 9.13. The molecule has 0 amide bonds. The Balaban J connectivity index is 2.77. The summed E-state index contributed by atoms with van der Waals surface area (Å²) in [4.78, 5) is 3.17. The van der Waals surface area contributed by atoms with Crippen LogP contribution in [-0.2, 0) is 0 Å². The number of hydrogen-bond acceptors (Lipinski definition) is 2. The first-order chi connectivity index (χ1) is 8.60. The van der Waals surface area contributed by atoms with Gasteiger partial charge in [-0.1, -0.05) is 26.8 Å². The molecule has 0 bridgehead atoms. The minimum absolute atomic E-state index is 0.361. The Bertz CT molecular complexity index is 658. The van der Waals surface area contributed by atoms with Gasteiger partial charge in [-0.3, -0.25) is 0 Å². The smallest absolute Gasteiger partial charge is 0.178 e. The van der Waals surface area contributed by atoms with Crippen LogP contribution in [0.2, 0.25) is 0 Å². The molecule has 0 spiro atoms. The van der Waals surface area contributed by atoms with E-state index in [1.54, 1.807) is 0 Å². The van der Waals surface area contributed by atoms with Crippen molar-refractivity contribution in [3.8, 4) is 6.07 Å². The number of aromatic amines is 1. The van der Waals surface area contributed by atoms with Crippen molar-refractivity contribution in [1.82, 2.24) is 9.55 Å². The quantitative estimate of drug-likeness (QED) is 0.840. The number of hydrogen-bond donors (Lipinski definition) is 1. The highest BCUT2D eigenvalue weighted by Gasteiger charge is 2.18. The van der Waals surface area contributed by atoms with Crippen LogP contribution < -0.4 is 0 Å². The van der Waals surface area contributed by atoms with Gasteiger partial charge >= 0.3 is 0 Å². The topological polar surface area (TPSA) is 44.5 Å². The molecule has 2 aromatic rings. The van der Waals surface area contributed by atoms with Crippen LogP contribution in [0.5, 0.6) is 0 Å². The summed E-state index contributed by atoms with van der Waals surface area (Å²) < 4.78 is 2.85. The van der Waals surface area contributed by atoms with Crippen molar-refractivity contribution >= 4 is 23.3 Å². The van der Waals surface area contributed by atoms with E-state index in [9.17, 15) is 0 Å². The maximum Gasteiger partial charge on any atom is 0.178 e. The molecule has 0 saturated heterocycles. The number of fused-ring (bicyclic) bond motifs is 1. The van der Waals surface area contributed by atoms with E-state index in [2.05, 4.69) is 36.4 Å². The maximum atomic E-state index is 9.13. The molecule has 1 N–H and O–H groups in total. The number of imidazole rings is 1. The normalized spacial score (nSPS) is 12.8. The minimum Gasteiger partial charge on any atom is -0.329 e. The lowest BCUT2D eigenvalue weighted by molar-refractivity contribution is 0.370. The number of H-pyrrole nitrogens is 1. The summed E-state index contributed by atoms with van der Waals surface area (Å²) in [5.74, 6) is 0.506. The molecule has 2 rings (SSSR count). The third kappa shape index (κ3) is 1.95. The van der Waals surface area contributed by atoms with Gasteiger partial charge < -0.3 is 9.55 Å². The van der Waals surface area contributed by atoms with Crippen LogP contribution in [0.1, 0.15) is 38.8 Å². The molecule has 1 unspecified atom stereocenters. The number of nitrogens with zero attached hydrogens (tertiary/aromatic N) is 2. The van der Waals surface area contributed by atoms with E-state index < -0.39 is 0 Å². The summed E-state index contributed by atoms with van der Waals surface area (Å²) in [7, 11) is 0. The summed E-state index contributed by atoms with van der Waals surface area (Å²) in [6, 6.07) is 8.31. The van der Waals surface area contributed by atoms with Crippen molar-refractivity contribution in [3.05, 3.63) is 28.5 Å². The molecule has 0 radical (unpaired) electrons. The molecule has 0 fully saturated rings. The Labute approximate surface area is 112 Å². The average molecular weight is 259 g/mol. The van der Waals surface area contributed by atoms with Crippen LogP contribution in [0.25, 0.3) is 11.0 Å². The van der Waals surface area contributed by atoms with E-state index in [1.807, 2.05) is 18.2 Å². The summed E-state index contributed by atoms with van der Waals surface area (Å²) >= 11 is 5.42. The lowest BCUT2D eigenvalue weighted by Gasteiger charge is -2.21. The van der Waals surface area contributed by atoms with Gasteiger partial charge in [-0.15, -0.1) is 0 Å². The second kappa shape index (κ2) is 4.95. The lowest BCUT2D eigenvalue weighted by atomic mass is 10.0. The monoisotopic (exact) mass is 259 g/mol. The first-order valence-electron chi connectivity index (χ1n) is 6.23. The molecule has 0 aliphatic rings. The second-order valence-electron chi connectivity index (χ2n) is 4.83. The van der Waals surface area contributed by atoms with Gasteiger partial charge in [0.05, 0.1) is 16.6 Å². The van der Waals surface area contributed by atoms with Crippen molar-refractivity contribution in [2.45, 2.75) is 33.2 Å². The molecule has 18 heavy (non-hydrogen) atoms. The Morgan fingerprint density at radius 3 is 2.72 bits per heavy atom. The van der Waals surface area contributed by atoms with Crippen LogP contribution in [0.15, 0.2) is 18.2 Å². The predicted octanol–water partition coefficient (Wildman–Crippen LogP) is 4.18. The Kier molecular flexibility index (Phi) is 3.53. The van der Waals surface area contributed by atoms with E-state index in [0.29, 0.717) is 22.3 Å². The Hall–Kier alpha value is -1.60. The molecule has 0 aliphatic heterocycles. The van der Waals surface area contributed by atoms with Crippen molar-refractivity contribution in [3.63, 3.8) is 0 Å². The maximum absolute atomic E-state index is 9.13. The largest absolute Gasteiger partial charge is 0.329 e. The molecule has 94 valence electrons. The summed E-state index contributed by atoms with van der Waals surface area (Å²) in [6.45, 7) is 6.56. The average Bonchev–Trinajstić information content (AvgIpc) is 2.67. The fourth-order valence-corrected chi connectivity index (χ4v) is 2.86. The minimum atomic E-state index is 0.361. The number of para-hydroxylation sites is 1. The standard InChI is InChI=1S/C14H17N3S/c1-4-11(9(2)3)17-12-7-5-6-10(8-15)13(12)16-14(17)18/h5-7,9,11H,4H2,1-3H3,(H,16,18). The number of nitrogens with one attached hydrogen (secondary N) is 1. The molecular weight excluding hydrogens is 242 g/mol. The van der Waals surface area contributed by atoms with Gasteiger partial charge in [0.15, 0.2) is 4.77 Å². The van der Waals surface area contributed by atoms with E-state index in [1.165, 1.54) is 0 Å². The molecule has 1 aromatic heterocycles. The Morgan fingerprint density at radius 2 is 2.17 bits per heavy atom. The zero-order valence-electron chi connectivity index (χ0n) is 10.9. The van der Waals surface area contributed by atoms with Crippen molar-refractivity contribution < 1.29 is 0 Å². The van der Waals surface area contributed by atoms with Crippen molar-refractivity contribution in [2.75, 3.05) is 0 Å². The van der Waals surface area contributed by atoms with Crippen LogP contribution in [-0.4, -0.2) is 9.55 Å². The third-order valence-corrected chi connectivity index (χ3v) is 3.69. The second-order valence-corrected chi connectivity index (χ2v) is 5.22. The molecule has 1 aromatic carbocycles. The first kappa shape index (κ1) is 12.8. The van der Waals surface area contributed by atoms with Gasteiger partial charge in [-0.25, -0.2) is 0 Å².